The van der Waals surface area contributed by atoms with Gasteiger partial charge in [-0.2, -0.15) is 5.26 Å². The van der Waals surface area contributed by atoms with Crippen LogP contribution in [0.2, 0.25) is 0 Å². The number of nitrogens with zero attached hydrogens (tertiary/aromatic N) is 1. The first-order valence-electron chi connectivity index (χ1n) is 3.39. The smallest absolute Gasteiger partial charge is 0.351 e. The van der Waals surface area contributed by atoms with Crippen LogP contribution in [0.3, 0.4) is 0 Å². The highest BCUT2D eigenvalue weighted by Crippen LogP contribution is 2.21. The van der Waals surface area contributed by atoms with Gasteiger partial charge in [0, 0.05) is 12.3 Å². The lowest BCUT2D eigenvalue weighted by Crippen LogP contribution is -2.12. The molecule has 0 radical (unpaired) electrons. The molecule has 0 spiro atoms. The second kappa shape index (κ2) is 4.02. The van der Waals surface area contributed by atoms with Gasteiger partial charge in [-0.15, -0.1) is 11.8 Å². The normalized spacial score (nSPS) is 19.3. The van der Waals surface area contributed by atoms with Gasteiger partial charge in [0.1, 0.15) is 6.07 Å². The van der Waals surface area contributed by atoms with Crippen LogP contribution >= 0.6 is 11.8 Å². The number of thioether (sulfide) groups is 1. The molecule has 0 aromatic heterocycles. The van der Waals surface area contributed by atoms with Gasteiger partial charge in [-0.05, 0) is 0 Å². The Labute approximate surface area is 74.6 Å². The SMILES string of the molecule is COC(=O)/C(C#N)=C1/NCCS1. The van der Waals surface area contributed by atoms with Crippen molar-refractivity contribution in [2.45, 2.75) is 0 Å². The molecule has 1 heterocycles. The number of carbonyl (C=O) groups is 1. The standard InChI is InChI=1S/C7H8N2O2S/c1-11-7(10)5(4-8)6-9-2-3-12-6/h9H,2-3H2,1H3/b6-5-. The maximum atomic E-state index is 11.0. The van der Waals surface area contributed by atoms with Crippen LogP contribution in [0.4, 0.5) is 0 Å². The number of hydrogen-bond acceptors (Lipinski definition) is 5. The Hall–Kier alpha value is -1.15. The van der Waals surface area contributed by atoms with E-state index in [1.54, 1.807) is 0 Å². The molecule has 12 heavy (non-hydrogen) atoms. The van der Waals surface area contributed by atoms with E-state index < -0.39 is 5.97 Å². The molecule has 1 aliphatic heterocycles. The highest BCUT2D eigenvalue weighted by Gasteiger charge is 2.18. The van der Waals surface area contributed by atoms with E-state index in [4.69, 9.17) is 5.26 Å². The number of esters is 1. The summed E-state index contributed by atoms with van der Waals surface area (Å²) >= 11 is 1.46. The van der Waals surface area contributed by atoms with E-state index >= 15 is 0 Å². The lowest BCUT2D eigenvalue weighted by molar-refractivity contribution is -0.135. The van der Waals surface area contributed by atoms with Crippen molar-refractivity contribution in [1.29, 1.82) is 5.26 Å². The van der Waals surface area contributed by atoms with Crippen LogP contribution in [-0.4, -0.2) is 25.4 Å². The van der Waals surface area contributed by atoms with E-state index in [2.05, 4.69) is 10.1 Å². The molecule has 0 bridgehead atoms. The fraction of sp³-hybridized carbons (Fsp3) is 0.429. The summed E-state index contributed by atoms with van der Waals surface area (Å²) in [5.74, 6) is 0.312. The predicted molar refractivity (Wildman–Crippen MR) is 45.1 cm³/mol. The predicted octanol–water partition coefficient (Wildman–Crippen LogP) is 0.231. The summed E-state index contributed by atoms with van der Waals surface area (Å²) in [5, 5.41) is 12.2. The lowest BCUT2D eigenvalue weighted by Gasteiger charge is -2.00. The fourth-order valence-electron chi connectivity index (χ4n) is 0.820. The minimum Gasteiger partial charge on any atom is -0.465 e. The maximum absolute atomic E-state index is 11.0. The van der Waals surface area contributed by atoms with Crippen LogP contribution in [0, 0.1) is 11.3 Å². The molecule has 0 aromatic rings. The van der Waals surface area contributed by atoms with Gasteiger partial charge in [0.05, 0.1) is 12.1 Å². The summed E-state index contributed by atoms with van der Waals surface area (Å²) in [7, 11) is 1.26. The van der Waals surface area contributed by atoms with E-state index in [-0.39, 0.29) is 5.57 Å². The van der Waals surface area contributed by atoms with Crippen LogP contribution < -0.4 is 5.32 Å². The largest absolute Gasteiger partial charge is 0.465 e. The van der Waals surface area contributed by atoms with E-state index in [1.165, 1.54) is 18.9 Å². The summed E-state index contributed by atoms with van der Waals surface area (Å²) in [6.45, 7) is 0.794. The number of rotatable bonds is 1. The third-order valence-corrected chi connectivity index (χ3v) is 2.41. The zero-order chi connectivity index (χ0) is 8.97. The highest BCUT2D eigenvalue weighted by molar-refractivity contribution is 8.03. The van der Waals surface area contributed by atoms with Crippen LogP contribution in [0.5, 0.6) is 0 Å². The van der Waals surface area contributed by atoms with Crippen molar-refractivity contribution in [3.63, 3.8) is 0 Å². The first-order valence-corrected chi connectivity index (χ1v) is 4.37. The minimum absolute atomic E-state index is 0.0694. The Kier molecular flexibility index (Phi) is 3.00. The van der Waals surface area contributed by atoms with E-state index in [9.17, 15) is 4.79 Å². The molecular formula is C7H8N2O2S. The molecule has 1 fully saturated rings. The van der Waals surface area contributed by atoms with Gasteiger partial charge >= 0.3 is 5.97 Å². The molecule has 1 N–H and O–H groups in total. The second-order valence-electron chi connectivity index (χ2n) is 2.08. The summed E-state index contributed by atoms with van der Waals surface area (Å²) < 4.78 is 4.44. The van der Waals surface area contributed by atoms with Gasteiger partial charge in [-0.3, -0.25) is 0 Å². The van der Waals surface area contributed by atoms with E-state index in [0.717, 1.165) is 12.3 Å². The van der Waals surface area contributed by atoms with Crippen LogP contribution in [0.25, 0.3) is 0 Å². The van der Waals surface area contributed by atoms with Gasteiger partial charge in [-0.25, -0.2) is 4.79 Å². The molecule has 0 saturated carbocycles. The van der Waals surface area contributed by atoms with Gasteiger partial charge in [-0.1, -0.05) is 0 Å². The second-order valence-corrected chi connectivity index (χ2v) is 3.19. The molecule has 1 saturated heterocycles. The van der Waals surface area contributed by atoms with Gasteiger partial charge in [0.25, 0.3) is 0 Å². The van der Waals surface area contributed by atoms with Crippen molar-refractivity contribution in [3.8, 4) is 6.07 Å². The lowest BCUT2D eigenvalue weighted by atomic mass is 10.3. The average Bonchev–Trinajstić information content (AvgIpc) is 2.58. The fourth-order valence-corrected chi connectivity index (χ4v) is 1.71. The zero-order valence-corrected chi connectivity index (χ0v) is 7.40. The van der Waals surface area contributed by atoms with Crippen molar-refractivity contribution >= 4 is 17.7 Å². The van der Waals surface area contributed by atoms with E-state index in [1.807, 2.05) is 6.07 Å². The van der Waals surface area contributed by atoms with Crippen molar-refractivity contribution in [3.05, 3.63) is 10.6 Å². The Balaban J connectivity index is 2.86. The molecule has 64 valence electrons. The first-order chi connectivity index (χ1) is 5.79. The first kappa shape index (κ1) is 8.94. The third-order valence-electron chi connectivity index (χ3n) is 1.36. The van der Waals surface area contributed by atoms with Gasteiger partial charge in [0.15, 0.2) is 5.57 Å². The number of ether oxygens (including phenoxy) is 1. The molecular weight excluding hydrogens is 176 g/mol. The molecule has 0 atom stereocenters. The summed E-state index contributed by atoms with van der Waals surface area (Å²) in [5.41, 5.74) is 0.0694. The van der Waals surface area contributed by atoms with Crippen LogP contribution in [-0.2, 0) is 9.53 Å². The number of carbonyl (C=O) groups excluding carboxylic acids is 1. The van der Waals surface area contributed by atoms with Crippen molar-refractivity contribution < 1.29 is 9.53 Å². The minimum atomic E-state index is -0.575. The van der Waals surface area contributed by atoms with Gasteiger partial charge in [0.2, 0.25) is 0 Å². The molecule has 0 aromatic carbocycles. The van der Waals surface area contributed by atoms with Crippen molar-refractivity contribution in [2.24, 2.45) is 0 Å². The number of nitriles is 1. The zero-order valence-electron chi connectivity index (χ0n) is 6.59. The molecule has 5 heteroatoms. The number of nitrogens with one attached hydrogen (secondary N) is 1. The average molecular weight is 184 g/mol. The van der Waals surface area contributed by atoms with Crippen LogP contribution in [0.15, 0.2) is 10.6 Å². The quantitative estimate of drug-likeness (QED) is 0.359. The third kappa shape index (κ3) is 1.71. The Morgan fingerprint density at radius 3 is 3.00 bits per heavy atom. The van der Waals surface area contributed by atoms with Crippen LogP contribution in [0.1, 0.15) is 0 Å². The van der Waals surface area contributed by atoms with Crippen molar-refractivity contribution in [1.82, 2.24) is 5.32 Å². The molecule has 4 nitrogen and oxygen atoms in total. The molecule has 0 unspecified atom stereocenters. The summed E-state index contributed by atoms with van der Waals surface area (Å²) in [6.07, 6.45) is 0. The molecule has 0 amide bonds. The molecule has 1 aliphatic rings. The van der Waals surface area contributed by atoms with E-state index in [0.29, 0.717) is 5.03 Å². The Bertz CT molecular complexity index is 259. The summed E-state index contributed by atoms with van der Waals surface area (Å²) in [4.78, 5) is 11.0. The Morgan fingerprint density at radius 2 is 2.58 bits per heavy atom. The van der Waals surface area contributed by atoms with Crippen molar-refractivity contribution in [2.75, 3.05) is 19.4 Å². The highest BCUT2D eigenvalue weighted by atomic mass is 32.2. The maximum Gasteiger partial charge on any atom is 0.351 e. The Morgan fingerprint density at radius 1 is 1.83 bits per heavy atom. The monoisotopic (exact) mass is 184 g/mol. The topological polar surface area (TPSA) is 62.1 Å². The molecule has 0 aliphatic carbocycles. The summed E-state index contributed by atoms with van der Waals surface area (Å²) in [6, 6.07) is 1.82. The number of methoxy groups -OCH3 is 1. The number of hydrogen-bond donors (Lipinski definition) is 1. The van der Waals surface area contributed by atoms with Gasteiger partial charge < -0.3 is 10.1 Å². The molecule has 1 rings (SSSR count).